The number of fused-ring (bicyclic) bond motifs is 1. The van der Waals surface area contributed by atoms with Crippen LogP contribution in [0.25, 0.3) is 10.9 Å². The first-order valence-corrected chi connectivity index (χ1v) is 9.92. The van der Waals surface area contributed by atoms with E-state index < -0.39 is 10.0 Å². The Balaban J connectivity index is 1.91. The van der Waals surface area contributed by atoms with Crippen molar-refractivity contribution in [3.05, 3.63) is 46.4 Å². The topological polar surface area (TPSA) is 133 Å². The van der Waals surface area contributed by atoms with Crippen LogP contribution in [0.1, 0.15) is 0 Å². The van der Waals surface area contributed by atoms with Crippen molar-refractivity contribution in [1.82, 2.24) is 4.98 Å². The molecule has 5 N–H and O–H groups in total. The number of H-pyrrole nitrogens is 1. The van der Waals surface area contributed by atoms with E-state index in [1.807, 2.05) is 0 Å². The number of nitrogens with two attached hydrogens (primary N) is 1. The van der Waals surface area contributed by atoms with Crippen LogP contribution in [0.15, 0.2) is 51.5 Å². The maximum atomic E-state index is 11.6. The molecule has 0 aliphatic rings. The van der Waals surface area contributed by atoms with Crippen molar-refractivity contribution in [2.75, 3.05) is 5.32 Å². The minimum Gasteiger partial charge on any atom is -0.493 e. The number of aromatic hydroxyl groups is 1. The average molecular weight is 444 g/mol. The van der Waals surface area contributed by atoms with E-state index in [-0.39, 0.29) is 27.3 Å². The number of anilines is 1. The molecule has 0 unspecified atom stereocenters. The van der Waals surface area contributed by atoms with Crippen molar-refractivity contribution in [3.63, 3.8) is 0 Å². The highest BCUT2D eigenvalue weighted by Crippen LogP contribution is 2.40. The molecule has 1 aromatic heterocycles. The molecule has 0 saturated heterocycles. The normalized spacial score (nSPS) is 12.0. The Bertz CT molecular complexity index is 1190. The van der Waals surface area contributed by atoms with Crippen LogP contribution in [0.2, 0.25) is 10.0 Å². The fraction of sp³-hybridized carbons (Fsp3) is 0. The number of nitrogens with zero attached hydrogens (tertiary/aromatic N) is 2. The number of para-hydroxylation sites is 1. The number of nitrogens with one attached hydrogen (secondary N) is 2. The second-order valence-corrected chi connectivity index (χ2v) is 8.06. The van der Waals surface area contributed by atoms with Gasteiger partial charge in [-0.2, -0.15) is 0 Å². The molecule has 0 saturated carbocycles. The van der Waals surface area contributed by atoms with E-state index in [2.05, 4.69) is 20.5 Å². The highest BCUT2D eigenvalue weighted by molar-refractivity contribution is 7.89. The third-order valence-electron chi connectivity index (χ3n) is 3.45. The quantitative estimate of drug-likeness (QED) is 0.353. The lowest BCUT2D eigenvalue weighted by atomic mass is 10.2. The van der Waals surface area contributed by atoms with Crippen molar-refractivity contribution in [3.8, 4) is 5.88 Å². The van der Waals surface area contributed by atoms with E-state index in [0.717, 1.165) is 0 Å². The molecule has 3 rings (SSSR count). The molecule has 0 radical (unpaired) electrons. The summed E-state index contributed by atoms with van der Waals surface area (Å²) in [6.45, 7) is 0. The Morgan fingerprint density at radius 1 is 1.26 bits per heavy atom. The van der Waals surface area contributed by atoms with Crippen molar-refractivity contribution in [2.24, 2.45) is 15.4 Å². The van der Waals surface area contributed by atoms with Gasteiger partial charge in [0, 0.05) is 10.4 Å². The largest absolute Gasteiger partial charge is 0.493 e. The number of rotatable bonds is 3. The molecule has 0 bridgehead atoms. The molecule has 27 heavy (non-hydrogen) atoms. The molecule has 140 valence electrons. The third kappa shape index (κ3) is 4.20. The van der Waals surface area contributed by atoms with Crippen molar-refractivity contribution < 1.29 is 13.5 Å². The molecule has 0 aliphatic heterocycles. The first-order valence-electron chi connectivity index (χ1n) is 7.21. The molecule has 2 aromatic carbocycles. The predicted molar refractivity (Wildman–Crippen MR) is 109 cm³/mol. The van der Waals surface area contributed by atoms with Crippen LogP contribution in [0, 0.1) is 0 Å². The summed E-state index contributed by atoms with van der Waals surface area (Å²) in [5, 5.41) is 26.5. The molecular formula is C15H11Cl2N5O3S2. The summed E-state index contributed by atoms with van der Waals surface area (Å²) in [6.07, 6.45) is 0. The van der Waals surface area contributed by atoms with Crippen LogP contribution < -0.4 is 10.5 Å². The predicted octanol–water partition coefficient (Wildman–Crippen LogP) is 4.31. The molecular weight excluding hydrogens is 433 g/mol. The molecule has 12 heteroatoms. The summed E-state index contributed by atoms with van der Waals surface area (Å²) in [5.74, 6) is -0.273. The Morgan fingerprint density at radius 2 is 1.96 bits per heavy atom. The number of aromatic amines is 1. The Labute approximate surface area is 169 Å². The summed E-state index contributed by atoms with van der Waals surface area (Å²) in [4.78, 5) is 2.53. The van der Waals surface area contributed by atoms with Gasteiger partial charge in [0.15, 0.2) is 5.69 Å². The van der Waals surface area contributed by atoms with Crippen LogP contribution in [0.4, 0.5) is 11.4 Å². The van der Waals surface area contributed by atoms with Gasteiger partial charge in [-0.05, 0) is 36.5 Å². The van der Waals surface area contributed by atoms with Gasteiger partial charge in [0.2, 0.25) is 21.0 Å². The van der Waals surface area contributed by atoms with Gasteiger partial charge in [0.25, 0.3) is 0 Å². The number of benzene rings is 2. The average Bonchev–Trinajstić information content (AvgIpc) is 2.88. The maximum absolute atomic E-state index is 11.6. The second kappa shape index (κ2) is 7.41. The van der Waals surface area contributed by atoms with Crippen molar-refractivity contribution in [2.45, 2.75) is 4.90 Å². The van der Waals surface area contributed by atoms with Crippen LogP contribution in [0.5, 0.6) is 5.88 Å². The lowest BCUT2D eigenvalue weighted by molar-refractivity contribution is 0.459. The van der Waals surface area contributed by atoms with Gasteiger partial charge < -0.3 is 15.4 Å². The molecule has 0 fully saturated rings. The van der Waals surface area contributed by atoms with E-state index in [1.54, 1.807) is 12.1 Å². The van der Waals surface area contributed by atoms with Crippen molar-refractivity contribution >= 4 is 72.8 Å². The van der Waals surface area contributed by atoms with Crippen LogP contribution in [-0.4, -0.2) is 23.6 Å². The minimum absolute atomic E-state index is 0.0817. The summed E-state index contributed by atoms with van der Waals surface area (Å²) in [5.41, 5.74) is 0.669. The van der Waals surface area contributed by atoms with E-state index in [9.17, 15) is 13.5 Å². The van der Waals surface area contributed by atoms with Crippen LogP contribution in [0.3, 0.4) is 0 Å². The third-order valence-corrected chi connectivity index (χ3v) is 5.12. The number of hydrogen-bond acceptors (Lipinski definition) is 5. The van der Waals surface area contributed by atoms with Crippen LogP contribution >= 0.6 is 35.4 Å². The lowest BCUT2D eigenvalue weighted by Gasteiger charge is -2.08. The van der Waals surface area contributed by atoms with Gasteiger partial charge >= 0.3 is 0 Å². The number of primary sulfonamides is 1. The number of halogens is 2. The maximum Gasteiger partial charge on any atom is 0.240 e. The van der Waals surface area contributed by atoms with E-state index in [4.69, 9.17) is 40.6 Å². The molecule has 0 aliphatic carbocycles. The van der Waals surface area contributed by atoms with Gasteiger partial charge in [-0.25, -0.2) is 13.6 Å². The van der Waals surface area contributed by atoms with Gasteiger partial charge in [-0.1, -0.05) is 35.3 Å². The summed E-state index contributed by atoms with van der Waals surface area (Å²) in [7, 11) is -3.95. The highest BCUT2D eigenvalue weighted by Gasteiger charge is 2.16. The van der Waals surface area contributed by atoms with Crippen LogP contribution in [-0.2, 0) is 10.0 Å². The summed E-state index contributed by atoms with van der Waals surface area (Å²) < 4.78 is 23.2. The molecule has 0 atom stereocenters. The zero-order chi connectivity index (χ0) is 19.8. The first kappa shape index (κ1) is 19.5. The number of aromatic nitrogens is 1. The molecule has 3 aromatic rings. The fourth-order valence-electron chi connectivity index (χ4n) is 2.35. The number of azo groups is 1. The smallest absolute Gasteiger partial charge is 0.240 e. The summed E-state index contributed by atoms with van der Waals surface area (Å²) >= 11 is 17.1. The Kier molecular flexibility index (Phi) is 5.36. The van der Waals surface area contributed by atoms with E-state index >= 15 is 0 Å². The van der Waals surface area contributed by atoms with E-state index in [1.165, 1.54) is 24.3 Å². The Morgan fingerprint density at radius 3 is 2.67 bits per heavy atom. The molecule has 0 amide bonds. The van der Waals surface area contributed by atoms with E-state index in [0.29, 0.717) is 20.9 Å². The number of thiocarbonyl (C=S) groups is 1. The number of hydrogen-bond donors (Lipinski definition) is 4. The number of sulfonamides is 1. The fourth-order valence-corrected chi connectivity index (χ4v) is 3.73. The van der Waals surface area contributed by atoms with Gasteiger partial charge in [-0.15, -0.1) is 10.2 Å². The zero-order valence-corrected chi connectivity index (χ0v) is 16.4. The first-order chi connectivity index (χ1) is 12.7. The summed E-state index contributed by atoms with van der Waals surface area (Å²) in [6, 6.07) is 9.00. The minimum atomic E-state index is -3.95. The second-order valence-electron chi connectivity index (χ2n) is 5.30. The SMILES string of the molecule is NS(=O)(=O)c1ccccc1NC(=S)N=Nc1c(O)[nH]c2c(Cl)cc(Cl)cc12. The lowest BCUT2D eigenvalue weighted by Crippen LogP contribution is -2.16. The highest BCUT2D eigenvalue weighted by atomic mass is 35.5. The van der Waals surface area contributed by atoms with Crippen molar-refractivity contribution in [1.29, 1.82) is 0 Å². The zero-order valence-electron chi connectivity index (χ0n) is 13.3. The molecule has 0 spiro atoms. The molecule has 1 heterocycles. The van der Waals surface area contributed by atoms with Gasteiger partial charge in [-0.3, -0.25) is 0 Å². The molecule has 8 nitrogen and oxygen atoms in total. The Hall–Kier alpha value is -2.24. The van der Waals surface area contributed by atoms with Gasteiger partial charge in [0.05, 0.1) is 16.2 Å². The standard InChI is InChI=1S/C15H11Cl2N5O3S2/c16-7-5-8-12(9(17)6-7)20-14(23)13(8)21-22-15(26)19-10-3-1-2-4-11(10)27(18,24)25/h1-6,20,23H,(H,19,26)(H2,18,24,25). The monoisotopic (exact) mass is 443 g/mol. The van der Waals surface area contributed by atoms with Gasteiger partial charge in [0.1, 0.15) is 4.90 Å².